The van der Waals surface area contributed by atoms with Crippen molar-refractivity contribution in [2.24, 2.45) is 5.10 Å². The predicted octanol–water partition coefficient (Wildman–Crippen LogP) is 5.23. The minimum absolute atomic E-state index is 0.164. The minimum atomic E-state index is -0.584. The lowest BCUT2D eigenvalue weighted by Crippen LogP contribution is -2.43. The number of amides is 3. The Bertz CT molecular complexity index is 1380. The number of rotatable bonds is 6. The van der Waals surface area contributed by atoms with Gasteiger partial charge >= 0.3 is 6.09 Å². The monoisotopic (exact) mass is 508 g/mol. The molecule has 0 bridgehead atoms. The number of carbonyl (C=O) groups excluding carboxylic acids is 3. The van der Waals surface area contributed by atoms with E-state index < -0.39 is 12.1 Å². The topological polar surface area (TPSA) is 91.3 Å². The molecule has 38 heavy (non-hydrogen) atoms. The quantitative estimate of drug-likeness (QED) is 0.462. The standard InChI is InChI=1S/C30H28N4O4/c1-21-26(29(36)34(32-21)25-11-6-3-7-12-25)19-22-14-16-24(17-15-22)31-28(35)27-13-8-18-33(27)30(37)38-20-23-9-4-2-5-10-23/h2-7,9-12,14-17,19,27H,8,13,18,20H2,1H3,(H,31,35)/b26-19-/t27-/m0/s1. The molecule has 2 heterocycles. The van der Waals surface area contributed by atoms with Gasteiger partial charge in [-0.15, -0.1) is 0 Å². The van der Waals surface area contributed by atoms with E-state index in [1.165, 1.54) is 9.91 Å². The fourth-order valence-electron chi connectivity index (χ4n) is 4.54. The molecule has 0 aromatic heterocycles. The summed E-state index contributed by atoms with van der Waals surface area (Å²) in [6, 6.07) is 25.4. The van der Waals surface area contributed by atoms with Gasteiger partial charge in [-0.05, 0) is 61.2 Å². The molecule has 5 rings (SSSR count). The highest BCUT2D eigenvalue weighted by atomic mass is 16.6. The number of hydrogen-bond acceptors (Lipinski definition) is 5. The van der Waals surface area contributed by atoms with E-state index in [0.29, 0.717) is 35.6 Å². The summed E-state index contributed by atoms with van der Waals surface area (Å²) in [5.74, 6) is -0.440. The molecule has 0 unspecified atom stereocenters. The second-order valence-electron chi connectivity index (χ2n) is 9.20. The molecule has 3 aromatic rings. The number of carbonyl (C=O) groups is 3. The average Bonchev–Trinajstić information content (AvgIpc) is 3.55. The molecular formula is C30H28N4O4. The molecule has 1 atom stereocenters. The largest absolute Gasteiger partial charge is 0.445 e. The molecule has 8 heteroatoms. The van der Waals surface area contributed by atoms with Crippen molar-refractivity contribution in [1.29, 1.82) is 0 Å². The Kier molecular flexibility index (Phi) is 7.31. The van der Waals surface area contributed by atoms with E-state index >= 15 is 0 Å². The van der Waals surface area contributed by atoms with E-state index in [2.05, 4.69) is 10.4 Å². The molecule has 1 N–H and O–H groups in total. The lowest BCUT2D eigenvalue weighted by atomic mass is 10.1. The highest BCUT2D eigenvalue weighted by Crippen LogP contribution is 2.25. The first-order chi connectivity index (χ1) is 18.5. The van der Waals surface area contributed by atoms with Crippen LogP contribution < -0.4 is 10.3 Å². The van der Waals surface area contributed by atoms with Crippen molar-refractivity contribution >= 4 is 41.1 Å². The average molecular weight is 509 g/mol. The molecule has 0 saturated carbocycles. The van der Waals surface area contributed by atoms with Gasteiger partial charge in [0, 0.05) is 12.2 Å². The summed E-state index contributed by atoms with van der Waals surface area (Å²) in [6.45, 7) is 2.45. The zero-order valence-electron chi connectivity index (χ0n) is 21.0. The van der Waals surface area contributed by atoms with Crippen molar-refractivity contribution in [2.75, 3.05) is 16.9 Å². The molecule has 2 aliphatic rings. The van der Waals surface area contributed by atoms with Crippen molar-refractivity contribution in [3.05, 3.63) is 102 Å². The summed E-state index contributed by atoms with van der Waals surface area (Å²) in [5.41, 5.74) is 4.17. The van der Waals surface area contributed by atoms with Gasteiger partial charge in [0.05, 0.1) is 17.0 Å². The molecule has 3 amide bonds. The van der Waals surface area contributed by atoms with Gasteiger partial charge in [-0.1, -0.05) is 60.7 Å². The van der Waals surface area contributed by atoms with Gasteiger partial charge < -0.3 is 10.1 Å². The molecule has 3 aromatic carbocycles. The van der Waals surface area contributed by atoms with Crippen LogP contribution in [0.2, 0.25) is 0 Å². The minimum Gasteiger partial charge on any atom is -0.445 e. The number of para-hydroxylation sites is 1. The predicted molar refractivity (Wildman–Crippen MR) is 146 cm³/mol. The third-order valence-corrected chi connectivity index (χ3v) is 6.55. The molecule has 2 aliphatic heterocycles. The van der Waals surface area contributed by atoms with Gasteiger partial charge in [0.25, 0.3) is 5.91 Å². The molecular weight excluding hydrogens is 480 g/mol. The normalized spacial score (nSPS) is 18.0. The molecule has 192 valence electrons. The Morgan fingerprint density at radius 3 is 2.39 bits per heavy atom. The molecule has 0 radical (unpaired) electrons. The molecule has 1 fully saturated rings. The van der Waals surface area contributed by atoms with Crippen LogP contribution in [0.5, 0.6) is 0 Å². The van der Waals surface area contributed by atoms with Gasteiger partial charge in [-0.2, -0.15) is 10.1 Å². The van der Waals surface area contributed by atoms with E-state index in [1.807, 2.05) is 72.8 Å². The maximum Gasteiger partial charge on any atom is 0.410 e. The van der Waals surface area contributed by atoms with Crippen LogP contribution in [-0.4, -0.2) is 41.1 Å². The summed E-state index contributed by atoms with van der Waals surface area (Å²) in [4.78, 5) is 40.1. The first-order valence-corrected chi connectivity index (χ1v) is 12.5. The van der Waals surface area contributed by atoms with Gasteiger partial charge in [-0.25, -0.2) is 4.79 Å². The molecule has 0 aliphatic carbocycles. The summed E-state index contributed by atoms with van der Waals surface area (Å²) >= 11 is 0. The van der Waals surface area contributed by atoms with Crippen molar-refractivity contribution in [3.8, 4) is 0 Å². The van der Waals surface area contributed by atoms with Crippen LogP contribution in [0.15, 0.2) is 95.6 Å². The Morgan fingerprint density at radius 1 is 1.00 bits per heavy atom. The highest BCUT2D eigenvalue weighted by molar-refractivity contribution is 6.32. The fourth-order valence-corrected chi connectivity index (χ4v) is 4.54. The zero-order valence-corrected chi connectivity index (χ0v) is 21.0. The Hall–Kier alpha value is -4.72. The van der Waals surface area contributed by atoms with Gasteiger partial charge in [-0.3, -0.25) is 14.5 Å². The maximum atomic E-state index is 13.0. The Morgan fingerprint density at radius 2 is 1.68 bits per heavy atom. The van der Waals surface area contributed by atoms with Crippen molar-refractivity contribution in [1.82, 2.24) is 4.90 Å². The van der Waals surface area contributed by atoms with Crippen LogP contribution in [0, 0.1) is 0 Å². The SMILES string of the molecule is CC1=NN(c2ccccc2)C(=O)/C1=C\c1ccc(NC(=O)[C@@H]2CCCN2C(=O)OCc2ccccc2)cc1. The number of anilines is 2. The van der Waals surface area contributed by atoms with E-state index in [-0.39, 0.29) is 18.4 Å². The third kappa shape index (κ3) is 5.49. The van der Waals surface area contributed by atoms with Crippen molar-refractivity contribution < 1.29 is 19.1 Å². The van der Waals surface area contributed by atoms with Crippen LogP contribution in [0.4, 0.5) is 16.2 Å². The lowest BCUT2D eigenvalue weighted by Gasteiger charge is -2.23. The lowest BCUT2D eigenvalue weighted by molar-refractivity contribution is -0.120. The summed E-state index contributed by atoms with van der Waals surface area (Å²) in [7, 11) is 0. The second-order valence-corrected chi connectivity index (χ2v) is 9.20. The van der Waals surface area contributed by atoms with Crippen LogP contribution in [-0.2, 0) is 20.9 Å². The first kappa shape index (κ1) is 25.0. The van der Waals surface area contributed by atoms with E-state index in [1.54, 1.807) is 25.1 Å². The fraction of sp³-hybridized carbons (Fsp3) is 0.200. The Labute approximate surface area is 221 Å². The number of likely N-dealkylation sites (tertiary alicyclic amines) is 1. The van der Waals surface area contributed by atoms with Gasteiger partial charge in [0.2, 0.25) is 5.91 Å². The van der Waals surface area contributed by atoms with Crippen LogP contribution in [0.3, 0.4) is 0 Å². The van der Waals surface area contributed by atoms with Crippen LogP contribution in [0.1, 0.15) is 30.9 Å². The van der Waals surface area contributed by atoms with Crippen LogP contribution >= 0.6 is 0 Å². The number of ether oxygens (including phenoxy) is 1. The zero-order chi connectivity index (χ0) is 26.5. The molecule has 0 spiro atoms. The van der Waals surface area contributed by atoms with Crippen molar-refractivity contribution in [2.45, 2.75) is 32.4 Å². The van der Waals surface area contributed by atoms with Gasteiger partial charge in [0.15, 0.2) is 0 Å². The first-order valence-electron chi connectivity index (χ1n) is 12.5. The number of nitrogens with zero attached hydrogens (tertiary/aromatic N) is 3. The molecule has 8 nitrogen and oxygen atoms in total. The summed E-state index contributed by atoms with van der Waals surface area (Å²) in [5, 5.41) is 8.70. The van der Waals surface area contributed by atoms with E-state index in [0.717, 1.165) is 17.5 Å². The molecule has 1 saturated heterocycles. The number of hydrogen-bond donors (Lipinski definition) is 1. The maximum absolute atomic E-state index is 13.0. The number of benzene rings is 3. The van der Waals surface area contributed by atoms with E-state index in [9.17, 15) is 14.4 Å². The smallest absolute Gasteiger partial charge is 0.410 e. The Balaban J connectivity index is 1.20. The van der Waals surface area contributed by atoms with Crippen molar-refractivity contribution in [3.63, 3.8) is 0 Å². The summed E-state index contributed by atoms with van der Waals surface area (Å²) in [6.07, 6.45) is 2.61. The van der Waals surface area contributed by atoms with Gasteiger partial charge in [0.1, 0.15) is 12.6 Å². The van der Waals surface area contributed by atoms with Crippen LogP contribution in [0.25, 0.3) is 6.08 Å². The van der Waals surface area contributed by atoms with E-state index in [4.69, 9.17) is 4.74 Å². The highest BCUT2D eigenvalue weighted by Gasteiger charge is 2.35. The second kappa shape index (κ2) is 11.1. The third-order valence-electron chi connectivity index (χ3n) is 6.55. The number of hydrazone groups is 1. The number of nitrogens with one attached hydrogen (secondary N) is 1. The summed E-state index contributed by atoms with van der Waals surface area (Å²) < 4.78 is 5.43.